The van der Waals surface area contributed by atoms with Gasteiger partial charge in [-0.05, 0) is 31.7 Å². The maximum atomic E-state index is 12.0. The molecule has 2 rings (SSSR count). The number of allylic oxidation sites excluding steroid dienone is 1. The van der Waals surface area contributed by atoms with Crippen LogP contribution in [0.15, 0.2) is 54.1 Å². The van der Waals surface area contributed by atoms with Gasteiger partial charge in [-0.3, -0.25) is 4.79 Å². The number of rotatable bonds is 18. The van der Waals surface area contributed by atoms with E-state index < -0.39 is 60.5 Å². The molecule has 1 aliphatic rings. The van der Waals surface area contributed by atoms with Gasteiger partial charge in [0.2, 0.25) is 0 Å². The van der Waals surface area contributed by atoms with E-state index >= 15 is 0 Å². The highest BCUT2D eigenvalue weighted by Crippen LogP contribution is 2.30. The average Bonchev–Trinajstić information content (AvgIpc) is 3.03. The van der Waals surface area contributed by atoms with Gasteiger partial charge >= 0.3 is 12.1 Å². The van der Waals surface area contributed by atoms with Crippen molar-refractivity contribution in [2.75, 3.05) is 6.61 Å². The fraction of sp³-hybridized carbons (Fsp3) is 0.676. The summed E-state index contributed by atoms with van der Waals surface area (Å²) in [6, 6.07) is 9.77. The molecule has 47 heavy (non-hydrogen) atoms. The van der Waals surface area contributed by atoms with Crippen molar-refractivity contribution in [2.24, 2.45) is 47.2 Å². The third-order valence-electron chi connectivity index (χ3n) is 9.60. The highest BCUT2D eigenvalue weighted by Gasteiger charge is 2.41. The molecule has 1 fully saturated rings. The summed E-state index contributed by atoms with van der Waals surface area (Å²) in [5.41, 5.74) is 7.43. The van der Waals surface area contributed by atoms with Crippen LogP contribution < -0.4 is 5.73 Å². The number of esters is 1. The fourth-order valence-corrected chi connectivity index (χ4v) is 6.52. The van der Waals surface area contributed by atoms with Crippen LogP contribution in [0.4, 0.5) is 4.79 Å². The molecule has 0 aliphatic carbocycles. The van der Waals surface area contributed by atoms with Gasteiger partial charge in [0, 0.05) is 36.0 Å². The van der Waals surface area contributed by atoms with Crippen LogP contribution in [0.3, 0.4) is 0 Å². The minimum atomic E-state index is -0.900. The van der Waals surface area contributed by atoms with E-state index in [1.54, 1.807) is 26.0 Å². The van der Waals surface area contributed by atoms with Crippen molar-refractivity contribution in [1.29, 1.82) is 0 Å². The number of nitrogens with two attached hydrogens (primary N) is 1. The van der Waals surface area contributed by atoms with Gasteiger partial charge in [0.15, 0.2) is 0 Å². The van der Waals surface area contributed by atoms with E-state index in [0.717, 1.165) is 11.1 Å². The highest BCUT2D eigenvalue weighted by molar-refractivity contribution is 5.73. The predicted molar refractivity (Wildman–Crippen MR) is 181 cm³/mol. The summed E-state index contributed by atoms with van der Waals surface area (Å²) in [5, 5.41) is 43.1. The molecule has 13 atom stereocenters. The van der Waals surface area contributed by atoms with Crippen molar-refractivity contribution in [3.8, 4) is 0 Å². The van der Waals surface area contributed by atoms with Gasteiger partial charge < -0.3 is 40.4 Å². The van der Waals surface area contributed by atoms with Crippen LogP contribution in [0.2, 0.25) is 0 Å². The van der Waals surface area contributed by atoms with Gasteiger partial charge in [-0.2, -0.15) is 0 Å². The van der Waals surface area contributed by atoms with Crippen LogP contribution in [0.25, 0.3) is 0 Å². The van der Waals surface area contributed by atoms with Crippen molar-refractivity contribution in [3.63, 3.8) is 0 Å². The van der Waals surface area contributed by atoms with Gasteiger partial charge in [0.25, 0.3) is 0 Å². The van der Waals surface area contributed by atoms with Crippen molar-refractivity contribution >= 4 is 12.1 Å². The van der Waals surface area contributed by atoms with E-state index in [1.165, 1.54) is 0 Å². The lowest BCUT2D eigenvalue weighted by Gasteiger charge is -2.36. The monoisotopic (exact) mass is 661 g/mol. The zero-order chi connectivity index (χ0) is 35.4. The smallest absolute Gasteiger partial charge is 0.404 e. The molecule has 266 valence electrons. The number of benzene rings is 1. The van der Waals surface area contributed by atoms with E-state index in [1.807, 2.05) is 78.0 Å². The molecule has 0 aromatic heterocycles. The molecule has 0 saturated carbocycles. The Hall–Kier alpha value is -2.76. The summed E-state index contributed by atoms with van der Waals surface area (Å²) >= 11 is 0. The zero-order valence-electron chi connectivity index (χ0n) is 29.4. The molecule has 0 spiro atoms. The zero-order valence-corrected chi connectivity index (χ0v) is 29.4. The largest absolute Gasteiger partial charge is 0.462 e. The second-order valence-corrected chi connectivity index (χ2v) is 13.9. The van der Waals surface area contributed by atoms with Crippen molar-refractivity contribution < 1.29 is 44.2 Å². The van der Waals surface area contributed by atoms with Crippen LogP contribution in [0.5, 0.6) is 0 Å². The molecule has 10 heteroatoms. The number of hydrogen-bond donors (Lipinski definition) is 5. The maximum Gasteiger partial charge on any atom is 0.404 e. The van der Waals surface area contributed by atoms with E-state index in [0.29, 0.717) is 19.6 Å². The molecule has 1 aromatic rings. The highest BCUT2D eigenvalue weighted by atomic mass is 16.6. The second-order valence-electron chi connectivity index (χ2n) is 13.9. The fourth-order valence-electron chi connectivity index (χ4n) is 6.52. The summed E-state index contributed by atoms with van der Waals surface area (Å²) in [6.45, 7) is 15.6. The Balaban J connectivity index is 1.92. The lowest BCUT2D eigenvalue weighted by Crippen LogP contribution is -2.47. The number of hydrogen-bond acceptors (Lipinski definition) is 9. The molecular formula is C37H59NO9. The molecule has 6 N–H and O–H groups in total. The molecule has 1 unspecified atom stereocenters. The number of amides is 1. The van der Waals surface area contributed by atoms with Gasteiger partial charge in [0.05, 0.1) is 43.5 Å². The Morgan fingerprint density at radius 1 is 0.979 bits per heavy atom. The van der Waals surface area contributed by atoms with Crippen LogP contribution in [0.1, 0.15) is 73.8 Å². The Kier molecular flexibility index (Phi) is 16.6. The molecule has 1 heterocycles. The Morgan fingerprint density at radius 3 is 2.23 bits per heavy atom. The minimum absolute atomic E-state index is 0.161. The first kappa shape index (κ1) is 40.4. The topological polar surface area (TPSA) is 169 Å². The van der Waals surface area contributed by atoms with Gasteiger partial charge in [-0.25, -0.2) is 4.79 Å². The van der Waals surface area contributed by atoms with Crippen molar-refractivity contribution in [2.45, 2.75) is 111 Å². The van der Waals surface area contributed by atoms with Crippen molar-refractivity contribution in [1.82, 2.24) is 0 Å². The lowest BCUT2D eigenvalue weighted by molar-refractivity contribution is -0.179. The van der Waals surface area contributed by atoms with Crippen molar-refractivity contribution in [3.05, 3.63) is 59.7 Å². The van der Waals surface area contributed by atoms with E-state index in [-0.39, 0.29) is 36.0 Å². The Bertz CT molecular complexity index is 1160. The normalized spacial score (nSPS) is 26.4. The van der Waals surface area contributed by atoms with E-state index in [4.69, 9.17) is 19.9 Å². The molecular weight excluding hydrogens is 602 g/mol. The second kappa shape index (κ2) is 19.3. The number of primary amides is 1. The minimum Gasteiger partial charge on any atom is -0.462 e. The average molecular weight is 662 g/mol. The number of ether oxygens (including phenoxy) is 3. The SMILES string of the molecule is C/C(=C/[C@H](C)[C@@H](O)[C@@H](C)/C=C\[C@@H](O)CC1OC(=O)[C@H](C)[C@@H](O)[C@H]1C)C[C@@H](C)[C@@H](O)[C@@H](C)[C@@H](OC(N)=O)[C@@H](C)COCc1ccccc1. The number of carbonyl (C=O) groups is 2. The summed E-state index contributed by atoms with van der Waals surface area (Å²) < 4.78 is 16.8. The van der Waals surface area contributed by atoms with Crippen LogP contribution in [-0.4, -0.2) is 75.7 Å². The van der Waals surface area contributed by atoms with Crippen LogP contribution in [0, 0.1) is 41.4 Å². The van der Waals surface area contributed by atoms with E-state index in [9.17, 15) is 30.0 Å². The number of carbonyl (C=O) groups excluding carboxylic acids is 2. The number of cyclic esters (lactones) is 1. The lowest BCUT2D eigenvalue weighted by atomic mass is 9.81. The van der Waals surface area contributed by atoms with E-state index in [2.05, 4.69) is 0 Å². The Labute approximate surface area is 281 Å². The van der Waals surface area contributed by atoms with Crippen LogP contribution in [-0.2, 0) is 25.6 Å². The van der Waals surface area contributed by atoms with Gasteiger partial charge in [-0.15, -0.1) is 0 Å². The quantitative estimate of drug-likeness (QED) is 0.110. The molecule has 1 aromatic carbocycles. The summed E-state index contributed by atoms with van der Waals surface area (Å²) in [4.78, 5) is 23.8. The summed E-state index contributed by atoms with van der Waals surface area (Å²) in [6.07, 6.45) is 0.690. The standard InChI is InChI=1S/C37H59NO9/c1-21(16-23(3)32(40)22(2)14-15-30(39)18-31-26(6)34(42)28(8)36(43)46-31)17-24(4)33(41)27(7)35(47-37(38)44)25(5)19-45-20-29-12-10-9-11-13-29/h9-16,22-28,30-35,39-42H,17-20H2,1-8H3,(H2,38,44)/b15-14-,21-16-/t22-,23-,24+,25-,26-,27+,28+,30+,31?,32-,33+,34-,35-/m0/s1. The molecule has 0 bridgehead atoms. The molecule has 10 nitrogen and oxygen atoms in total. The van der Waals surface area contributed by atoms with Crippen LogP contribution >= 0.6 is 0 Å². The predicted octanol–water partition coefficient (Wildman–Crippen LogP) is 4.77. The molecule has 0 radical (unpaired) electrons. The number of aliphatic hydroxyl groups is 4. The first-order chi connectivity index (χ1) is 22.0. The third-order valence-corrected chi connectivity index (χ3v) is 9.60. The first-order valence-electron chi connectivity index (χ1n) is 16.9. The van der Waals surface area contributed by atoms with Gasteiger partial charge in [0.1, 0.15) is 12.2 Å². The molecule has 1 saturated heterocycles. The van der Waals surface area contributed by atoms with Gasteiger partial charge in [-0.1, -0.05) is 95.7 Å². The molecule has 1 amide bonds. The maximum absolute atomic E-state index is 12.0. The summed E-state index contributed by atoms with van der Waals surface area (Å²) in [5.74, 6) is -2.64. The summed E-state index contributed by atoms with van der Waals surface area (Å²) in [7, 11) is 0. The third kappa shape index (κ3) is 12.7. The first-order valence-corrected chi connectivity index (χ1v) is 16.9. The molecule has 1 aliphatic heterocycles. The number of aliphatic hydroxyl groups excluding tert-OH is 4. The Morgan fingerprint density at radius 2 is 1.62 bits per heavy atom.